The molecule has 0 atom stereocenters. The highest BCUT2D eigenvalue weighted by molar-refractivity contribution is 4.80. The second-order valence-corrected chi connectivity index (χ2v) is 5.04. The van der Waals surface area contributed by atoms with Gasteiger partial charge >= 0.3 is 24.5 Å². The molecule has 16 nitrogen and oxygen atoms in total. The third kappa shape index (κ3) is 6.43. The second kappa shape index (κ2) is 9.79. The molecule has 0 aliphatic heterocycles. The van der Waals surface area contributed by atoms with Gasteiger partial charge in [-0.1, -0.05) is 17.9 Å². The molecule has 0 aromatic carbocycles. The van der Waals surface area contributed by atoms with Crippen molar-refractivity contribution < 1.29 is 64.7 Å². The summed E-state index contributed by atoms with van der Waals surface area (Å²) in [5, 5.41) is 35.4. The predicted molar refractivity (Wildman–Crippen MR) is 68.2 cm³/mol. The standard InChI is InChI=1S/C7H6F8N6O10/c8-6(9,3(16(22)23)17(24)25)30-1-5(20(12)13,21(14)15)2-31-7(10,11)4(18(26)27)19(28)29/h3-4H,1-2H2. The Kier molecular flexibility index (Phi) is 8.81. The molecule has 0 aromatic heterocycles. The number of hydrogen-bond donors (Lipinski definition) is 0. The summed E-state index contributed by atoms with van der Waals surface area (Å²) in [5.74, 6) is 0. The molecule has 0 spiro atoms. The summed E-state index contributed by atoms with van der Waals surface area (Å²) < 4.78 is 112. The van der Waals surface area contributed by atoms with Gasteiger partial charge in [0.05, 0.1) is 23.9 Å². The molecule has 0 aliphatic carbocycles. The molecule has 0 aromatic rings. The largest absolute Gasteiger partial charge is 0.538 e. The molecular formula is C7H6F8N6O10. The van der Waals surface area contributed by atoms with Crippen molar-refractivity contribution in [1.29, 1.82) is 0 Å². The fourth-order valence-electron chi connectivity index (χ4n) is 1.51. The number of halogens is 8. The van der Waals surface area contributed by atoms with Gasteiger partial charge in [-0.25, -0.2) is 0 Å². The van der Waals surface area contributed by atoms with Gasteiger partial charge in [-0.2, -0.15) is 17.6 Å². The first-order chi connectivity index (χ1) is 13.8. The molecule has 0 bridgehead atoms. The van der Waals surface area contributed by atoms with Crippen LogP contribution >= 0.6 is 0 Å². The number of ether oxygens (including phenoxy) is 2. The fourth-order valence-corrected chi connectivity index (χ4v) is 1.51. The van der Waals surface area contributed by atoms with Gasteiger partial charge in [0.15, 0.2) is 0 Å². The van der Waals surface area contributed by atoms with Crippen LogP contribution in [0.1, 0.15) is 0 Å². The topological polar surface area (TPSA) is 198 Å². The Hall–Kier alpha value is -3.12. The van der Waals surface area contributed by atoms with E-state index in [1.165, 1.54) is 0 Å². The minimum atomic E-state index is -5.68. The lowest BCUT2D eigenvalue weighted by molar-refractivity contribution is -0.779. The van der Waals surface area contributed by atoms with Gasteiger partial charge in [0, 0.05) is 0 Å². The molecule has 0 N–H and O–H groups in total. The predicted octanol–water partition coefficient (Wildman–Crippen LogP) is 0.802. The molecule has 0 saturated carbocycles. The summed E-state index contributed by atoms with van der Waals surface area (Å²) in [4.78, 5) is 31.9. The van der Waals surface area contributed by atoms with E-state index in [2.05, 4.69) is 9.47 Å². The molecule has 31 heavy (non-hydrogen) atoms. The summed E-state index contributed by atoms with van der Waals surface area (Å²) >= 11 is 0. The average Bonchev–Trinajstić information content (AvgIpc) is 2.51. The molecule has 0 amide bonds. The molecule has 0 rings (SSSR count). The normalized spacial score (nSPS) is 13.3. The van der Waals surface area contributed by atoms with Crippen LogP contribution in [0.25, 0.3) is 0 Å². The molecule has 0 saturated heterocycles. The van der Waals surface area contributed by atoms with Crippen molar-refractivity contribution in [3.8, 4) is 0 Å². The van der Waals surface area contributed by atoms with Gasteiger partial charge in [-0.3, -0.25) is 40.5 Å². The molecule has 0 radical (unpaired) electrons. The van der Waals surface area contributed by atoms with Crippen molar-refractivity contribution in [1.82, 2.24) is 10.7 Å². The zero-order valence-electron chi connectivity index (χ0n) is 13.9. The van der Waals surface area contributed by atoms with Crippen molar-refractivity contribution in [2.24, 2.45) is 0 Å². The Bertz CT molecular complexity index is 625. The van der Waals surface area contributed by atoms with Gasteiger partial charge in [0.25, 0.3) is 0 Å². The van der Waals surface area contributed by atoms with Gasteiger partial charge in [-0.05, 0) is 0 Å². The third-order valence-corrected chi connectivity index (χ3v) is 3.02. The lowest BCUT2D eigenvalue weighted by Crippen LogP contribution is -2.60. The van der Waals surface area contributed by atoms with Crippen LogP contribution < -0.4 is 0 Å². The van der Waals surface area contributed by atoms with Crippen molar-refractivity contribution >= 4 is 0 Å². The summed E-state index contributed by atoms with van der Waals surface area (Å²) in [6.45, 7) is -5.87. The van der Waals surface area contributed by atoms with Crippen LogP contribution in [0.5, 0.6) is 0 Å². The van der Waals surface area contributed by atoms with Crippen LogP contribution in [-0.4, -0.2) is 73.8 Å². The highest BCUT2D eigenvalue weighted by atomic mass is 19.4. The monoisotopic (exact) mass is 486 g/mol. The summed E-state index contributed by atoms with van der Waals surface area (Å²) in [6, 6.07) is 0. The van der Waals surface area contributed by atoms with E-state index in [1.54, 1.807) is 0 Å². The molecule has 0 unspecified atom stereocenters. The van der Waals surface area contributed by atoms with Crippen molar-refractivity contribution in [3.63, 3.8) is 0 Å². The molecular weight excluding hydrogens is 480 g/mol. The third-order valence-electron chi connectivity index (χ3n) is 3.02. The van der Waals surface area contributed by atoms with E-state index in [0.29, 0.717) is 0 Å². The Balaban J connectivity index is 5.90. The smallest absolute Gasteiger partial charge is 0.305 e. The number of hydrogen-bond acceptors (Lipinski definition) is 12. The van der Waals surface area contributed by atoms with E-state index in [1.807, 2.05) is 0 Å². The Morgan fingerprint density at radius 2 is 0.871 bits per heavy atom. The van der Waals surface area contributed by atoms with Gasteiger partial charge in [-0.15, -0.1) is 0 Å². The quantitative estimate of drug-likeness (QED) is 0.110. The number of rotatable bonds is 14. The maximum absolute atomic E-state index is 13.5. The Labute approximate surface area is 160 Å². The van der Waals surface area contributed by atoms with Crippen LogP contribution in [0.4, 0.5) is 35.5 Å². The van der Waals surface area contributed by atoms with Gasteiger partial charge < -0.3 is 9.47 Å². The Morgan fingerprint density at radius 1 is 0.645 bits per heavy atom. The highest BCUT2D eigenvalue weighted by Crippen LogP contribution is 2.33. The summed E-state index contributed by atoms with van der Waals surface area (Å²) in [7, 11) is 0. The minimum absolute atomic E-state index is 2.31. The van der Waals surface area contributed by atoms with E-state index in [-0.39, 0.29) is 0 Å². The minimum Gasteiger partial charge on any atom is -0.305 e. The van der Waals surface area contributed by atoms with E-state index < -0.39 is 73.8 Å². The molecule has 24 heteroatoms. The van der Waals surface area contributed by atoms with Crippen molar-refractivity contribution in [2.45, 2.75) is 30.2 Å². The van der Waals surface area contributed by atoms with Crippen LogP contribution in [0.15, 0.2) is 0 Å². The first-order valence-corrected chi connectivity index (χ1v) is 6.64. The van der Waals surface area contributed by atoms with Crippen LogP contribution in [-0.2, 0) is 9.47 Å². The average molecular weight is 486 g/mol. The van der Waals surface area contributed by atoms with Gasteiger partial charge in [0.2, 0.25) is 5.66 Å². The molecule has 0 fully saturated rings. The summed E-state index contributed by atoms with van der Waals surface area (Å²) in [5.41, 5.74) is -4.86. The number of nitrogens with zero attached hydrogens (tertiary/aromatic N) is 6. The second-order valence-electron chi connectivity index (χ2n) is 5.04. The first-order valence-electron chi connectivity index (χ1n) is 6.64. The zero-order chi connectivity index (χ0) is 24.9. The van der Waals surface area contributed by atoms with E-state index >= 15 is 0 Å². The summed E-state index contributed by atoms with van der Waals surface area (Å²) in [6.07, 6.45) is -19.8. The number of nitro groups is 4. The lowest BCUT2D eigenvalue weighted by Gasteiger charge is -2.33. The van der Waals surface area contributed by atoms with Crippen molar-refractivity contribution in [2.75, 3.05) is 13.2 Å². The zero-order valence-corrected chi connectivity index (χ0v) is 13.9. The van der Waals surface area contributed by atoms with Crippen molar-refractivity contribution in [3.05, 3.63) is 40.5 Å². The molecule has 180 valence electrons. The fraction of sp³-hybridized carbons (Fsp3) is 1.00. The highest BCUT2D eigenvalue weighted by Gasteiger charge is 2.65. The maximum Gasteiger partial charge on any atom is 0.538 e. The van der Waals surface area contributed by atoms with Crippen LogP contribution in [0.3, 0.4) is 0 Å². The first kappa shape index (κ1) is 27.9. The van der Waals surface area contributed by atoms with Gasteiger partial charge in [0.1, 0.15) is 19.7 Å². The van der Waals surface area contributed by atoms with E-state index in [4.69, 9.17) is 0 Å². The van der Waals surface area contributed by atoms with Crippen LogP contribution in [0, 0.1) is 40.5 Å². The molecule has 0 aliphatic rings. The lowest BCUT2D eigenvalue weighted by atomic mass is 10.2. The number of alkyl halides is 4. The molecule has 0 heterocycles. The van der Waals surface area contributed by atoms with E-state index in [0.717, 1.165) is 0 Å². The van der Waals surface area contributed by atoms with Crippen LogP contribution in [0.2, 0.25) is 0 Å². The maximum atomic E-state index is 13.5. The Morgan fingerprint density at radius 3 is 1.03 bits per heavy atom. The SMILES string of the molecule is O=[N+]([O-])C([N+](=O)[O-])C(F)(F)OCC(COC(F)(F)C([N+](=O)[O-])[N+](=O)[O-])(N(F)F)N(F)F. The van der Waals surface area contributed by atoms with E-state index in [9.17, 15) is 75.9 Å².